The maximum absolute atomic E-state index is 5.48. The summed E-state index contributed by atoms with van der Waals surface area (Å²) in [4.78, 5) is 8.92. The fourth-order valence-corrected chi connectivity index (χ4v) is 5.74. The van der Waals surface area contributed by atoms with E-state index in [0.29, 0.717) is 24.7 Å². The molecule has 2 aromatic heterocycles. The van der Waals surface area contributed by atoms with E-state index in [4.69, 9.17) is 9.41 Å². The number of fused-ring (bicyclic) bond motifs is 2. The Morgan fingerprint density at radius 3 is 2.59 bits per heavy atom. The van der Waals surface area contributed by atoms with Gasteiger partial charge in [-0.05, 0) is 54.8 Å². The van der Waals surface area contributed by atoms with Gasteiger partial charge in [0.1, 0.15) is 5.76 Å². The van der Waals surface area contributed by atoms with Gasteiger partial charge >= 0.3 is 0 Å². The van der Waals surface area contributed by atoms with E-state index >= 15 is 0 Å². The first-order valence-electron chi connectivity index (χ1n) is 11.7. The van der Waals surface area contributed by atoms with Crippen molar-refractivity contribution in [2.24, 2.45) is 4.99 Å². The number of hydrogen-bond acceptors (Lipinski definition) is 4. The van der Waals surface area contributed by atoms with Crippen molar-refractivity contribution >= 4 is 17.3 Å². The molecule has 2 bridgehead atoms. The minimum absolute atomic E-state index is 0.470. The van der Waals surface area contributed by atoms with Gasteiger partial charge in [0, 0.05) is 42.5 Å². The van der Waals surface area contributed by atoms with Crippen molar-refractivity contribution in [2.45, 2.75) is 63.3 Å². The third-order valence-electron chi connectivity index (χ3n) is 6.65. The van der Waals surface area contributed by atoms with Gasteiger partial charge in [-0.2, -0.15) is 0 Å². The van der Waals surface area contributed by atoms with Gasteiger partial charge in [0.05, 0.1) is 12.8 Å². The number of rotatable bonds is 8. The highest BCUT2D eigenvalue weighted by Crippen LogP contribution is 2.36. The Kier molecular flexibility index (Phi) is 6.89. The molecular weight excluding hydrogens is 416 g/mol. The Balaban J connectivity index is 1.20. The van der Waals surface area contributed by atoms with Crippen LogP contribution in [0, 0.1) is 0 Å². The molecule has 2 atom stereocenters. The molecule has 0 aliphatic carbocycles. The molecule has 4 heterocycles. The predicted octanol–water partition coefficient (Wildman–Crippen LogP) is 4.81. The van der Waals surface area contributed by atoms with Crippen LogP contribution >= 0.6 is 11.3 Å². The van der Waals surface area contributed by atoms with Crippen LogP contribution in [0.4, 0.5) is 0 Å². The molecule has 5 nitrogen and oxygen atoms in total. The molecule has 2 aliphatic heterocycles. The fourth-order valence-electron chi connectivity index (χ4n) is 5.11. The molecule has 5 rings (SSSR count). The second-order valence-electron chi connectivity index (χ2n) is 8.86. The molecule has 3 aromatic rings. The minimum Gasteiger partial charge on any atom is -0.469 e. The molecule has 2 saturated heterocycles. The van der Waals surface area contributed by atoms with Crippen molar-refractivity contribution in [3.05, 3.63) is 82.4 Å². The minimum atomic E-state index is 0.470. The largest absolute Gasteiger partial charge is 0.469 e. The summed E-state index contributed by atoms with van der Waals surface area (Å²) in [5.41, 5.74) is 1.42. The summed E-state index contributed by atoms with van der Waals surface area (Å²) < 4.78 is 5.48. The van der Waals surface area contributed by atoms with E-state index in [1.807, 2.05) is 12.1 Å². The van der Waals surface area contributed by atoms with Crippen molar-refractivity contribution in [2.75, 3.05) is 6.54 Å². The Bertz CT molecular complexity index is 957. The molecular formula is C26H32N4OS. The van der Waals surface area contributed by atoms with Crippen LogP contribution in [0.5, 0.6) is 0 Å². The zero-order valence-electron chi connectivity index (χ0n) is 18.5. The summed E-state index contributed by atoms with van der Waals surface area (Å²) in [6.45, 7) is 2.60. The Morgan fingerprint density at radius 2 is 1.88 bits per heavy atom. The molecule has 1 aromatic carbocycles. The van der Waals surface area contributed by atoms with Crippen molar-refractivity contribution in [1.29, 1.82) is 0 Å². The molecule has 6 heteroatoms. The van der Waals surface area contributed by atoms with Gasteiger partial charge in [0.15, 0.2) is 5.96 Å². The maximum Gasteiger partial charge on any atom is 0.191 e. The lowest BCUT2D eigenvalue weighted by Crippen LogP contribution is -2.52. The zero-order chi connectivity index (χ0) is 21.6. The molecule has 0 saturated carbocycles. The van der Waals surface area contributed by atoms with Gasteiger partial charge in [-0.25, -0.2) is 4.99 Å². The first kappa shape index (κ1) is 21.3. The Morgan fingerprint density at radius 1 is 1.03 bits per heavy atom. The van der Waals surface area contributed by atoms with E-state index in [2.05, 4.69) is 63.4 Å². The van der Waals surface area contributed by atoms with Crippen molar-refractivity contribution in [3.8, 4) is 0 Å². The normalized spacial score (nSPS) is 23.4. The smallest absolute Gasteiger partial charge is 0.191 e. The van der Waals surface area contributed by atoms with Crippen LogP contribution in [-0.4, -0.2) is 35.5 Å². The summed E-state index contributed by atoms with van der Waals surface area (Å²) in [5.74, 6) is 1.92. The predicted molar refractivity (Wildman–Crippen MR) is 131 cm³/mol. The highest BCUT2D eigenvalue weighted by atomic mass is 32.1. The molecule has 0 radical (unpaired) electrons. The van der Waals surface area contributed by atoms with Crippen LogP contribution in [0.25, 0.3) is 0 Å². The number of furan rings is 1. The highest BCUT2D eigenvalue weighted by Gasteiger charge is 2.40. The third-order valence-corrected chi connectivity index (χ3v) is 7.51. The summed E-state index contributed by atoms with van der Waals surface area (Å²) >= 11 is 1.76. The lowest BCUT2D eigenvalue weighted by Gasteiger charge is -2.39. The standard InChI is InChI=1S/C26H32N4OS/c1-2-6-20(7-3-1)19-30-22-10-11-23(30)17-21(16-22)29-26(28-18-25-9-5-15-32-25)27-13-12-24-8-4-14-31-24/h1-9,14-15,21-23H,10-13,16-19H2,(H2,27,28,29). The summed E-state index contributed by atoms with van der Waals surface area (Å²) in [6, 6.07) is 20.9. The van der Waals surface area contributed by atoms with Gasteiger partial charge in [-0.1, -0.05) is 36.4 Å². The van der Waals surface area contributed by atoms with Gasteiger partial charge in [-0.3, -0.25) is 4.90 Å². The number of hydrogen-bond donors (Lipinski definition) is 2. The quantitative estimate of drug-likeness (QED) is 0.383. The number of aliphatic imine (C=N–C) groups is 1. The summed E-state index contributed by atoms with van der Waals surface area (Å²) in [6.07, 6.45) is 7.57. The fraction of sp³-hybridized carbons (Fsp3) is 0.423. The van der Waals surface area contributed by atoms with E-state index in [-0.39, 0.29) is 0 Å². The van der Waals surface area contributed by atoms with Crippen LogP contribution in [0.15, 0.2) is 75.7 Å². The SMILES string of the molecule is c1ccc(CN2C3CCC2CC(NC(=NCc2cccs2)NCCc2ccco2)C3)cc1. The number of nitrogens with one attached hydrogen (secondary N) is 2. The first-order chi connectivity index (χ1) is 15.8. The lowest BCUT2D eigenvalue weighted by atomic mass is 9.96. The number of benzene rings is 1. The van der Waals surface area contributed by atoms with E-state index in [1.165, 1.54) is 36.1 Å². The monoisotopic (exact) mass is 448 g/mol. The average molecular weight is 449 g/mol. The molecule has 32 heavy (non-hydrogen) atoms. The van der Waals surface area contributed by atoms with Crippen LogP contribution < -0.4 is 10.6 Å². The molecule has 0 spiro atoms. The molecule has 2 unspecified atom stereocenters. The van der Waals surface area contributed by atoms with Gasteiger partial charge in [0.25, 0.3) is 0 Å². The number of guanidine groups is 1. The highest BCUT2D eigenvalue weighted by molar-refractivity contribution is 7.09. The van der Waals surface area contributed by atoms with Gasteiger partial charge < -0.3 is 15.1 Å². The number of nitrogens with zero attached hydrogens (tertiary/aromatic N) is 2. The molecule has 2 aliphatic rings. The van der Waals surface area contributed by atoms with Crippen LogP contribution in [0.1, 0.15) is 41.9 Å². The number of piperidine rings is 1. The van der Waals surface area contributed by atoms with E-state index < -0.39 is 0 Å². The summed E-state index contributed by atoms with van der Waals surface area (Å²) in [7, 11) is 0. The van der Waals surface area contributed by atoms with Crippen molar-refractivity contribution < 1.29 is 4.42 Å². The second-order valence-corrected chi connectivity index (χ2v) is 9.89. The van der Waals surface area contributed by atoms with Gasteiger partial charge in [0.2, 0.25) is 0 Å². The first-order valence-corrected chi connectivity index (χ1v) is 12.6. The lowest BCUT2D eigenvalue weighted by molar-refractivity contribution is 0.114. The molecule has 2 N–H and O–H groups in total. The maximum atomic E-state index is 5.48. The van der Waals surface area contributed by atoms with Crippen LogP contribution in [-0.2, 0) is 19.5 Å². The zero-order valence-corrected chi connectivity index (χ0v) is 19.3. The van der Waals surface area contributed by atoms with E-state index in [1.54, 1.807) is 17.6 Å². The topological polar surface area (TPSA) is 52.8 Å². The second kappa shape index (κ2) is 10.4. The number of thiophene rings is 1. The van der Waals surface area contributed by atoms with Crippen LogP contribution in [0.3, 0.4) is 0 Å². The molecule has 2 fully saturated rings. The van der Waals surface area contributed by atoms with Crippen molar-refractivity contribution in [1.82, 2.24) is 15.5 Å². The average Bonchev–Trinajstić information content (AvgIpc) is 3.56. The Hall–Kier alpha value is -2.57. The van der Waals surface area contributed by atoms with Crippen LogP contribution in [0.2, 0.25) is 0 Å². The third kappa shape index (κ3) is 5.43. The summed E-state index contributed by atoms with van der Waals surface area (Å²) in [5, 5.41) is 9.42. The van der Waals surface area contributed by atoms with E-state index in [0.717, 1.165) is 31.2 Å². The van der Waals surface area contributed by atoms with Gasteiger partial charge in [-0.15, -0.1) is 11.3 Å². The van der Waals surface area contributed by atoms with Crippen molar-refractivity contribution in [3.63, 3.8) is 0 Å². The Labute approximate surface area is 194 Å². The molecule has 168 valence electrons. The van der Waals surface area contributed by atoms with E-state index in [9.17, 15) is 0 Å². The molecule has 0 amide bonds.